The van der Waals surface area contributed by atoms with Crippen molar-refractivity contribution in [1.82, 2.24) is 14.4 Å². The first-order valence-corrected chi connectivity index (χ1v) is 10.7. The Hall–Kier alpha value is -2.72. The maximum absolute atomic E-state index is 5.59. The molecule has 5 rings (SSSR count). The molecule has 0 spiro atoms. The molecule has 0 amide bonds. The SMILES string of the molecule is COc1cccc2cc3n(c12)CCN(CCCCN1C=Cc2ccccc2C1)C3. The second-order valence-corrected chi connectivity index (χ2v) is 8.15. The highest BCUT2D eigenvalue weighted by Gasteiger charge is 2.20. The van der Waals surface area contributed by atoms with Gasteiger partial charge in [-0.1, -0.05) is 36.4 Å². The van der Waals surface area contributed by atoms with E-state index in [4.69, 9.17) is 4.74 Å². The van der Waals surface area contributed by atoms with Crippen LogP contribution in [0.4, 0.5) is 0 Å². The van der Waals surface area contributed by atoms with Crippen LogP contribution in [0.2, 0.25) is 0 Å². The van der Waals surface area contributed by atoms with E-state index in [-0.39, 0.29) is 0 Å². The molecule has 2 aliphatic heterocycles. The summed E-state index contributed by atoms with van der Waals surface area (Å²) in [6.07, 6.45) is 6.99. The molecule has 0 unspecified atom stereocenters. The van der Waals surface area contributed by atoms with Gasteiger partial charge in [-0.15, -0.1) is 0 Å². The standard InChI is InChI=1S/C25H29N3O/c1-29-24-10-6-9-21-17-23-19-27(15-16-28(23)25(21)24)13-5-4-12-26-14-11-20-7-2-3-8-22(20)18-26/h2-3,6-11,14,17H,4-5,12-13,15-16,18-19H2,1H3. The molecular weight excluding hydrogens is 358 g/mol. The lowest BCUT2D eigenvalue weighted by molar-refractivity contribution is 0.215. The molecule has 1 aromatic heterocycles. The fourth-order valence-electron chi connectivity index (χ4n) is 4.74. The molecule has 0 N–H and O–H groups in total. The molecule has 0 saturated carbocycles. The quantitative estimate of drug-likeness (QED) is 0.570. The number of hydrogen-bond donors (Lipinski definition) is 0. The molecule has 0 bridgehead atoms. The normalized spacial score (nSPS) is 16.1. The van der Waals surface area contributed by atoms with E-state index in [1.54, 1.807) is 7.11 Å². The Bertz CT molecular complexity index is 1040. The summed E-state index contributed by atoms with van der Waals surface area (Å²) in [5, 5.41) is 1.29. The summed E-state index contributed by atoms with van der Waals surface area (Å²) < 4.78 is 8.04. The Labute approximate surface area is 173 Å². The van der Waals surface area contributed by atoms with E-state index in [2.05, 4.69) is 75.2 Å². The molecule has 0 aliphatic carbocycles. The van der Waals surface area contributed by atoms with Crippen molar-refractivity contribution in [3.63, 3.8) is 0 Å². The predicted octanol–water partition coefficient (Wildman–Crippen LogP) is 4.73. The van der Waals surface area contributed by atoms with Gasteiger partial charge in [-0.05, 0) is 54.9 Å². The van der Waals surface area contributed by atoms with Gasteiger partial charge in [0.05, 0.1) is 12.6 Å². The molecule has 2 aliphatic rings. The number of hydrogen-bond acceptors (Lipinski definition) is 3. The zero-order valence-electron chi connectivity index (χ0n) is 17.2. The number of ether oxygens (including phenoxy) is 1. The zero-order valence-corrected chi connectivity index (χ0v) is 17.2. The summed E-state index contributed by atoms with van der Waals surface area (Å²) in [5.74, 6) is 0.985. The summed E-state index contributed by atoms with van der Waals surface area (Å²) in [6.45, 7) is 6.55. The Morgan fingerprint density at radius 1 is 0.931 bits per heavy atom. The van der Waals surface area contributed by atoms with Crippen LogP contribution in [0.5, 0.6) is 5.75 Å². The summed E-state index contributed by atoms with van der Waals surface area (Å²) >= 11 is 0. The molecule has 0 saturated heterocycles. The van der Waals surface area contributed by atoms with Gasteiger partial charge in [0, 0.05) is 43.8 Å². The van der Waals surface area contributed by atoms with Crippen LogP contribution in [0.25, 0.3) is 17.0 Å². The van der Waals surface area contributed by atoms with Crippen molar-refractivity contribution in [1.29, 1.82) is 0 Å². The van der Waals surface area contributed by atoms with E-state index < -0.39 is 0 Å². The van der Waals surface area contributed by atoms with Crippen LogP contribution in [0.15, 0.2) is 54.7 Å². The van der Waals surface area contributed by atoms with Crippen molar-refractivity contribution in [2.24, 2.45) is 0 Å². The fraction of sp³-hybridized carbons (Fsp3) is 0.360. The van der Waals surface area contributed by atoms with Crippen molar-refractivity contribution in [2.75, 3.05) is 26.7 Å². The number of nitrogens with zero attached hydrogens (tertiary/aromatic N) is 3. The Kier molecular flexibility index (Phi) is 5.03. The zero-order chi connectivity index (χ0) is 19.6. The summed E-state index contributed by atoms with van der Waals surface area (Å²) in [4.78, 5) is 5.05. The maximum atomic E-state index is 5.59. The highest BCUT2D eigenvalue weighted by atomic mass is 16.5. The minimum atomic E-state index is 0.985. The molecule has 0 fully saturated rings. The van der Waals surface area contributed by atoms with Crippen LogP contribution in [-0.4, -0.2) is 41.1 Å². The van der Waals surface area contributed by atoms with E-state index in [0.29, 0.717) is 0 Å². The highest BCUT2D eigenvalue weighted by molar-refractivity contribution is 5.87. The number of aromatic nitrogens is 1. The van der Waals surface area contributed by atoms with Crippen molar-refractivity contribution in [3.8, 4) is 5.75 Å². The highest BCUT2D eigenvalue weighted by Crippen LogP contribution is 2.31. The third-order valence-electron chi connectivity index (χ3n) is 6.28. The first-order valence-electron chi connectivity index (χ1n) is 10.7. The monoisotopic (exact) mass is 387 g/mol. The fourth-order valence-corrected chi connectivity index (χ4v) is 4.74. The van der Waals surface area contributed by atoms with Gasteiger partial charge in [-0.3, -0.25) is 4.90 Å². The molecule has 4 heteroatoms. The number of fused-ring (bicyclic) bond motifs is 4. The average molecular weight is 388 g/mol. The van der Waals surface area contributed by atoms with Crippen LogP contribution < -0.4 is 4.74 Å². The predicted molar refractivity (Wildman–Crippen MR) is 119 cm³/mol. The van der Waals surface area contributed by atoms with Crippen LogP contribution in [0, 0.1) is 0 Å². The molecule has 3 aromatic rings. The minimum absolute atomic E-state index is 0.985. The van der Waals surface area contributed by atoms with Gasteiger partial charge in [0.25, 0.3) is 0 Å². The number of para-hydroxylation sites is 1. The lowest BCUT2D eigenvalue weighted by atomic mass is 10.0. The van der Waals surface area contributed by atoms with E-state index in [0.717, 1.165) is 38.5 Å². The molecular formula is C25H29N3O. The first kappa shape index (κ1) is 18.3. The molecule has 0 radical (unpaired) electrons. The molecule has 3 heterocycles. The minimum Gasteiger partial charge on any atom is -0.495 e. The number of unbranched alkanes of at least 4 members (excludes halogenated alkanes) is 1. The smallest absolute Gasteiger partial charge is 0.143 e. The summed E-state index contributed by atoms with van der Waals surface area (Å²) in [5.41, 5.74) is 5.46. The van der Waals surface area contributed by atoms with Gasteiger partial charge in [-0.25, -0.2) is 0 Å². The van der Waals surface area contributed by atoms with Crippen LogP contribution >= 0.6 is 0 Å². The molecule has 150 valence electrons. The van der Waals surface area contributed by atoms with Crippen molar-refractivity contribution in [2.45, 2.75) is 32.5 Å². The van der Waals surface area contributed by atoms with Crippen molar-refractivity contribution >= 4 is 17.0 Å². The second-order valence-electron chi connectivity index (χ2n) is 8.15. The van der Waals surface area contributed by atoms with Gasteiger partial charge in [0.15, 0.2) is 0 Å². The van der Waals surface area contributed by atoms with E-state index in [1.807, 2.05) is 0 Å². The average Bonchev–Trinajstić information content (AvgIpc) is 3.14. The largest absolute Gasteiger partial charge is 0.495 e. The second kappa shape index (κ2) is 7.96. The first-order chi connectivity index (χ1) is 14.3. The molecule has 2 aromatic carbocycles. The van der Waals surface area contributed by atoms with E-state index in [1.165, 1.54) is 47.1 Å². The van der Waals surface area contributed by atoms with Gasteiger partial charge in [0.2, 0.25) is 0 Å². The van der Waals surface area contributed by atoms with Gasteiger partial charge in [-0.2, -0.15) is 0 Å². The maximum Gasteiger partial charge on any atom is 0.143 e. The lowest BCUT2D eigenvalue weighted by Gasteiger charge is -2.30. The lowest BCUT2D eigenvalue weighted by Crippen LogP contribution is -2.34. The summed E-state index contributed by atoms with van der Waals surface area (Å²) in [7, 11) is 1.76. The van der Waals surface area contributed by atoms with E-state index >= 15 is 0 Å². The third kappa shape index (κ3) is 3.65. The van der Waals surface area contributed by atoms with Crippen LogP contribution in [0.3, 0.4) is 0 Å². The number of rotatable bonds is 6. The molecule has 29 heavy (non-hydrogen) atoms. The number of methoxy groups -OCH3 is 1. The Morgan fingerprint density at radius 2 is 1.83 bits per heavy atom. The van der Waals surface area contributed by atoms with Crippen LogP contribution in [0.1, 0.15) is 29.7 Å². The molecule has 0 atom stereocenters. The topological polar surface area (TPSA) is 20.6 Å². The van der Waals surface area contributed by atoms with Crippen molar-refractivity contribution in [3.05, 3.63) is 71.6 Å². The van der Waals surface area contributed by atoms with Crippen LogP contribution in [-0.2, 0) is 19.6 Å². The van der Waals surface area contributed by atoms with E-state index in [9.17, 15) is 0 Å². The molecule has 4 nitrogen and oxygen atoms in total. The summed E-state index contributed by atoms with van der Waals surface area (Å²) in [6, 6.07) is 17.4. The Morgan fingerprint density at radius 3 is 2.76 bits per heavy atom. The van der Waals surface area contributed by atoms with Gasteiger partial charge in [0.1, 0.15) is 5.75 Å². The number of benzene rings is 2. The Balaban J connectivity index is 1.14. The third-order valence-corrected chi connectivity index (χ3v) is 6.28. The van der Waals surface area contributed by atoms with Gasteiger partial charge < -0.3 is 14.2 Å². The van der Waals surface area contributed by atoms with Crippen molar-refractivity contribution < 1.29 is 4.74 Å². The van der Waals surface area contributed by atoms with Gasteiger partial charge >= 0.3 is 0 Å².